The summed E-state index contributed by atoms with van der Waals surface area (Å²) < 4.78 is 0. The van der Waals surface area contributed by atoms with Crippen molar-refractivity contribution in [2.24, 2.45) is 0 Å². The molecule has 2 rings (SSSR count). The third-order valence-corrected chi connectivity index (χ3v) is 3.64. The van der Waals surface area contributed by atoms with E-state index in [1.165, 1.54) is 0 Å². The van der Waals surface area contributed by atoms with E-state index in [4.69, 9.17) is 5.26 Å². The van der Waals surface area contributed by atoms with Crippen LogP contribution in [0.4, 0.5) is 0 Å². The molecule has 0 amide bonds. The van der Waals surface area contributed by atoms with Crippen LogP contribution in [0.5, 0.6) is 0 Å². The number of thiophene rings is 1. The Balaban J connectivity index is 2.50. The fourth-order valence-corrected chi connectivity index (χ4v) is 2.67. The van der Waals surface area contributed by atoms with Crippen LogP contribution in [0.1, 0.15) is 10.6 Å². The van der Waals surface area contributed by atoms with Gasteiger partial charge in [0, 0.05) is 4.88 Å². The lowest BCUT2D eigenvalue weighted by atomic mass is 10.4. The van der Waals surface area contributed by atoms with Gasteiger partial charge in [0.2, 0.25) is 0 Å². The van der Waals surface area contributed by atoms with Crippen LogP contribution in [-0.4, -0.2) is 4.98 Å². The first kappa shape index (κ1) is 8.42. The van der Waals surface area contributed by atoms with Crippen LogP contribution in [0.2, 0.25) is 0 Å². The van der Waals surface area contributed by atoms with Gasteiger partial charge in [0.1, 0.15) is 11.1 Å². The van der Waals surface area contributed by atoms with Gasteiger partial charge in [0.15, 0.2) is 5.69 Å². The van der Waals surface area contributed by atoms with E-state index in [-0.39, 0.29) is 0 Å². The van der Waals surface area contributed by atoms with Crippen LogP contribution in [0, 0.1) is 18.3 Å². The van der Waals surface area contributed by atoms with Gasteiger partial charge in [-0.15, -0.1) is 22.7 Å². The summed E-state index contributed by atoms with van der Waals surface area (Å²) in [5.74, 6) is 0. The summed E-state index contributed by atoms with van der Waals surface area (Å²) in [6, 6.07) is 6.09. The number of hydrogen-bond acceptors (Lipinski definition) is 4. The van der Waals surface area contributed by atoms with E-state index < -0.39 is 0 Å². The minimum atomic E-state index is 0.549. The van der Waals surface area contributed by atoms with Crippen LogP contribution in [-0.2, 0) is 0 Å². The summed E-state index contributed by atoms with van der Waals surface area (Å²) in [7, 11) is 0. The minimum Gasteiger partial charge on any atom is -0.224 e. The van der Waals surface area contributed by atoms with E-state index >= 15 is 0 Å². The van der Waals surface area contributed by atoms with E-state index in [2.05, 4.69) is 11.1 Å². The lowest BCUT2D eigenvalue weighted by Crippen LogP contribution is -1.75. The number of thiazole rings is 1. The predicted octanol–water partition coefficient (Wildman–Crippen LogP) is 3.05. The van der Waals surface area contributed by atoms with Crippen molar-refractivity contribution >= 4 is 22.7 Å². The van der Waals surface area contributed by atoms with Gasteiger partial charge < -0.3 is 0 Å². The second-order valence-electron chi connectivity index (χ2n) is 2.51. The Bertz CT molecular complexity index is 448. The Morgan fingerprint density at radius 1 is 1.54 bits per heavy atom. The zero-order valence-corrected chi connectivity index (χ0v) is 8.58. The normalized spacial score (nSPS) is 9.85. The molecule has 0 aromatic carbocycles. The van der Waals surface area contributed by atoms with E-state index in [1.54, 1.807) is 22.7 Å². The molecule has 0 atom stereocenters. The summed E-state index contributed by atoms with van der Waals surface area (Å²) in [5, 5.41) is 11.7. The summed E-state index contributed by atoms with van der Waals surface area (Å²) in [4.78, 5) is 6.36. The van der Waals surface area contributed by atoms with Crippen LogP contribution in [0.15, 0.2) is 17.5 Å². The van der Waals surface area contributed by atoms with Gasteiger partial charge in [0.05, 0.1) is 4.88 Å². The highest BCUT2D eigenvalue weighted by atomic mass is 32.1. The maximum absolute atomic E-state index is 8.73. The first-order valence-corrected chi connectivity index (χ1v) is 5.42. The zero-order valence-electron chi connectivity index (χ0n) is 6.94. The number of rotatable bonds is 1. The molecule has 0 radical (unpaired) electrons. The molecule has 0 aliphatic carbocycles. The van der Waals surface area contributed by atoms with E-state index in [0.717, 1.165) is 14.8 Å². The quantitative estimate of drug-likeness (QED) is 0.719. The van der Waals surface area contributed by atoms with Crippen molar-refractivity contribution in [3.8, 4) is 16.0 Å². The molecule has 2 heterocycles. The van der Waals surface area contributed by atoms with Gasteiger partial charge in [-0.25, -0.2) is 4.98 Å². The van der Waals surface area contributed by atoms with Crippen LogP contribution in [0.3, 0.4) is 0 Å². The molecule has 4 heteroatoms. The summed E-state index contributed by atoms with van der Waals surface area (Å²) in [5.41, 5.74) is 0.549. The third kappa shape index (κ3) is 1.48. The van der Waals surface area contributed by atoms with Gasteiger partial charge in [-0.05, 0) is 18.4 Å². The Hall–Kier alpha value is -1.18. The number of aromatic nitrogens is 1. The fraction of sp³-hybridized carbons (Fsp3) is 0.111. The van der Waals surface area contributed by atoms with Gasteiger partial charge in [-0.1, -0.05) is 6.07 Å². The molecule has 64 valence electrons. The smallest absolute Gasteiger partial charge is 0.155 e. The maximum atomic E-state index is 8.73. The summed E-state index contributed by atoms with van der Waals surface area (Å²) >= 11 is 3.22. The zero-order chi connectivity index (χ0) is 9.26. The molecule has 0 saturated heterocycles. The molecule has 0 unspecified atom stereocenters. The molecule has 0 saturated carbocycles. The molecule has 0 spiro atoms. The summed E-state index contributed by atoms with van der Waals surface area (Å²) in [6.45, 7) is 1.92. The van der Waals surface area contributed by atoms with Crippen molar-refractivity contribution in [3.05, 3.63) is 28.1 Å². The second kappa shape index (κ2) is 3.29. The molecule has 0 fully saturated rings. The second-order valence-corrected chi connectivity index (χ2v) is 4.66. The fourth-order valence-electron chi connectivity index (χ4n) is 1.01. The Kier molecular flexibility index (Phi) is 2.13. The first-order chi connectivity index (χ1) is 6.31. The van der Waals surface area contributed by atoms with Crippen molar-refractivity contribution in [2.75, 3.05) is 0 Å². The van der Waals surface area contributed by atoms with E-state index in [0.29, 0.717) is 5.69 Å². The van der Waals surface area contributed by atoms with Crippen molar-refractivity contribution in [3.63, 3.8) is 0 Å². The molecular weight excluding hydrogens is 200 g/mol. The molecule has 0 aliphatic rings. The highest BCUT2D eigenvalue weighted by Gasteiger charge is 2.08. The van der Waals surface area contributed by atoms with Crippen molar-refractivity contribution in [1.29, 1.82) is 5.26 Å². The van der Waals surface area contributed by atoms with Crippen LogP contribution >= 0.6 is 22.7 Å². The van der Waals surface area contributed by atoms with E-state index in [9.17, 15) is 0 Å². The van der Waals surface area contributed by atoms with Gasteiger partial charge in [0.25, 0.3) is 0 Å². The van der Waals surface area contributed by atoms with Crippen molar-refractivity contribution < 1.29 is 0 Å². The maximum Gasteiger partial charge on any atom is 0.155 e. The highest BCUT2D eigenvalue weighted by molar-refractivity contribution is 7.21. The van der Waals surface area contributed by atoms with Crippen molar-refractivity contribution in [1.82, 2.24) is 4.98 Å². The predicted molar refractivity (Wildman–Crippen MR) is 54.9 cm³/mol. The van der Waals surface area contributed by atoms with Gasteiger partial charge in [-0.2, -0.15) is 5.26 Å². The molecule has 0 aliphatic heterocycles. The first-order valence-electron chi connectivity index (χ1n) is 3.72. The number of hydrogen-bond donors (Lipinski definition) is 0. The number of nitriles is 1. The average molecular weight is 206 g/mol. The van der Waals surface area contributed by atoms with Crippen LogP contribution in [0.25, 0.3) is 9.88 Å². The molecule has 2 nitrogen and oxygen atoms in total. The summed E-state index contributed by atoms with van der Waals surface area (Å²) in [6.07, 6.45) is 0. The highest BCUT2D eigenvalue weighted by Crippen LogP contribution is 2.30. The molecule has 0 N–H and O–H groups in total. The molecule has 0 bridgehead atoms. The standard InChI is InChI=1S/C9H6N2S2/c1-6-7(5-10)11-9(13-6)8-3-2-4-12-8/h2-4H,1H3. The Morgan fingerprint density at radius 3 is 2.92 bits per heavy atom. The van der Waals surface area contributed by atoms with Crippen molar-refractivity contribution in [2.45, 2.75) is 6.92 Å². The number of nitrogens with zero attached hydrogens (tertiary/aromatic N) is 2. The minimum absolute atomic E-state index is 0.549. The Labute approximate surface area is 84.1 Å². The monoisotopic (exact) mass is 206 g/mol. The molecule has 2 aromatic heterocycles. The molecule has 13 heavy (non-hydrogen) atoms. The molecular formula is C9H6N2S2. The third-order valence-electron chi connectivity index (χ3n) is 1.63. The molecule has 2 aromatic rings. The number of aryl methyl sites for hydroxylation is 1. The lowest BCUT2D eigenvalue weighted by Gasteiger charge is -1.84. The SMILES string of the molecule is Cc1sc(-c2cccs2)nc1C#N. The topological polar surface area (TPSA) is 36.7 Å². The van der Waals surface area contributed by atoms with Crippen LogP contribution < -0.4 is 0 Å². The largest absolute Gasteiger partial charge is 0.224 e. The van der Waals surface area contributed by atoms with Gasteiger partial charge in [-0.3, -0.25) is 0 Å². The lowest BCUT2D eigenvalue weighted by molar-refractivity contribution is 1.31. The Morgan fingerprint density at radius 2 is 2.38 bits per heavy atom. The average Bonchev–Trinajstić information content (AvgIpc) is 2.71. The van der Waals surface area contributed by atoms with Gasteiger partial charge >= 0.3 is 0 Å². The van der Waals surface area contributed by atoms with E-state index in [1.807, 2.05) is 24.4 Å².